The third kappa shape index (κ3) is 3.64. The normalized spacial score (nSPS) is 16.7. The number of aliphatic imine (C=N–C) groups is 1. The summed E-state index contributed by atoms with van der Waals surface area (Å²) in [7, 11) is 1.75. The second kappa shape index (κ2) is 7.00. The summed E-state index contributed by atoms with van der Waals surface area (Å²) in [5, 5.41) is 7.47. The van der Waals surface area contributed by atoms with Crippen molar-refractivity contribution >= 4 is 16.9 Å². The molecule has 0 spiro atoms. The van der Waals surface area contributed by atoms with Crippen molar-refractivity contribution in [2.75, 3.05) is 20.3 Å². The minimum atomic E-state index is -0.252. The highest BCUT2D eigenvalue weighted by Crippen LogP contribution is 2.25. The van der Waals surface area contributed by atoms with Crippen LogP contribution in [0.4, 0.5) is 4.39 Å². The fourth-order valence-electron chi connectivity index (χ4n) is 2.81. The molecular weight excluding hydrogens is 297 g/mol. The second-order valence-corrected chi connectivity index (χ2v) is 5.75. The summed E-state index contributed by atoms with van der Waals surface area (Å²) in [4.78, 5) is 4.25. The number of furan rings is 1. The van der Waals surface area contributed by atoms with E-state index in [1.54, 1.807) is 13.1 Å². The first kappa shape index (κ1) is 15.8. The van der Waals surface area contributed by atoms with Crippen molar-refractivity contribution in [2.45, 2.75) is 32.4 Å². The third-order valence-corrected chi connectivity index (χ3v) is 4.20. The molecule has 0 radical (unpaired) electrons. The maximum atomic E-state index is 13.4. The van der Waals surface area contributed by atoms with Gasteiger partial charge in [0.05, 0.1) is 6.54 Å². The van der Waals surface area contributed by atoms with E-state index >= 15 is 0 Å². The van der Waals surface area contributed by atoms with E-state index < -0.39 is 0 Å². The van der Waals surface area contributed by atoms with Crippen LogP contribution in [-0.4, -0.2) is 32.3 Å². The predicted octanol–water partition coefficient (Wildman–Crippen LogP) is 2.72. The lowest BCUT2D eigenvalue weighted by Crippen LogP contribution is -2.45. The Bertz CT molecular complexity index is 705. The first-order valence-electron chi connectivity index (χ1n) is 7.90. The van der Waals surface area contributed by atoms with Gasteiger partial charge in [0, 0.05) is 37.3 Å². The molecule has 5 nitrogen and oxygen atoms in total. The molecule has 0 saturated carbocycles. The number of rotatable bonds is 3. The highest BCUT2D eigenvalue weighted by molar-refractivity contribution is 5.83. The zero-order valence-electron chi connectivity index (χ0n) is 13.5. The molecule has 0 bridgehead atoms. The van der Waals surface area contributed by atoms with E-state index in [1.165, 1.54) is 12.1 Å². The Kier molecular flexibility index (Phi) is 4.81. The van der Waals surface area contributed by atoms with Gasteiger partial charge in [-0.3, -0.25) is 4.99 Å². The van der Waals surface area contributed by atoms with Gasteiger partial charge in [-0.25, -0.2) is 4.39 Å². The summed E-state index contributed by atoms with van der Waals surface area (Å²) in [6, 6.07) is 4.96. The number of ether oxygens (including phenoxy) is 1. The number of aryl methyl sites for hydroxylation is 1. The number of hydrogen-bond acceptors (Lipinski definition) is 3. The Balaban J connectivity index is 1.65. The maximum Gasteiger partial charge on any atom is 0.191 e. The molecule has 2 heterocycles. The molecule has 1 aliphatic heterocycles. The standard InChI is InChI=1S/C17H22FN3O2/c1-11-14-9-12(18)3-4-15(14)23-16(11)10-20-17(19-2)21-13-5-7-22-8-6-13/h3-4,9,13H,5-8,10H2,1-2H3,(H2,19,20,21). The summed E-state index contributed by atoms with van der Waals surface area (Å²) in [6.45, 7) is 4.01. The van der Waals surface area contributed by atoms with Crippen molar-refractivity contribution in [1.82, 2.24) is 10.6 Å². The molecule has 124 valence electrons. The van der Waals surface area contributed by atoms with Crippen molar-refractivity contribution in [3.8, 4) is 0 Å². The van der Waals surface area contributed by atoms with Crippen molar-refractivity contribution in [3.63, 3.8) is 0 Å². The van der Waals surface area contributed by atoms with Crippen molar-refractivity contribution in [3.05, 3.63) is 35.3 Å². The summed E-state index contributed by atoms with van der Waals surface area (Å²) < 4.78 is 24.5. The van der Waals surface area contributed by atoms with Gasteiger partial charge >= 0.3 is 0 Å². The number of nitrogens with zero attached hydrogens (tertiary/aromatic N) is 1. The van der Waals surface area contributed by atoms with Gasteiger partial charge in [-0.05, 0) is 38.0 Å². The first-order chi connectivity index (χ1) is 11.2. The lowest BCUT2D eigenvalue weighted by molar-refractivity contribution is 0.0822. The molecule has 3 rings (SSSR count). The molecule has 6 heteroatoms. The molecule has 1 aliphatic rings. The van der Waals surface area contributed by atoms with Crippen LogP contribution in [0.3, 0.4) is 0 Å². The lowest BCUT2D eigenvalue weighted by Gasteiger charge is -2.25. The van der Waals surface area contributed by atoms with Crippen LogP contribution in [0, 0.1) is 12.7 Å². The van der Waals surface area contributed by atoms with Crippen LogP contribution in [0.15, 0.2) is 27.6 Å². The SMILES string of the molecule is CN=C(NCc1oc2ccc(F)cc2c1C)NC1CCOCC1. The number of halogens is 1. The maximum absolute atomic E-state index is 13.4. The van der Waals surface area contributed by atoms with Crippen LogP contribution in [0.25, 0.3) is 11.0 Å². The molecule has 0 atom stereocenters. The number of benzene rings is 1. The van der Waals surface area contributed by atoms with Gasteiger partial charge in [-0.2, -0.15) is 0 Å². The van der Waals surface area contributed by atoms with Crippen LogP contribution < -0.4 is 10.6 Å². The topological polar surface area (TPSA) is 58.8 Å². The summed E-state index contributed by atoms with van der Waals surface area (Å²) in [5.74, 6) is 1.28. The second-order valence-electron chi connectivity index (χ2n) is 5.75. The largest absolute Gasteiger partial charge is 0.459 e. The molecular formula is C17H22FN3O2. The fraction of sp³-hybridized carbons (Fsp3) is 0.471. The van der Waals surface area contributed by atoms with E-state index in [0.29, 0.717) is 18.2 Å². The minimum Gasteiger partial charge on any atom is -0.459 e. The number of hydrogen-bond donors (Lipinski definition) is 2. The van der Waals surface area contributed by atoms with E-state index in [-0.39, 0.29) is 5.82 Å². The Labute approximate surface area is 134 Å². The summed E-state index contributed by atoms with van der Waals surface area (Å²) >= 11 is 0. The molecule has 2 N–H and O–H groups in total. The average molecular weight is 319 g/mol. The van der Waals surface area contributed by atoms with Gasteiger partial charge in [0.2, 0.25) is 0 Å². The Morgan fingerprint density at radius 2 is 2.13 bits per heavy atom. The summed E-state index contributed by atoms with van der Waals surface area (Å²) in [6.07, 6.45) is 1.95. The minimum absolute atomic E-state index is 0.252. The zero-order valence-corrected chi connectivity index (χ0v) is 13.5. The Morgan fingerprint density at radius 1 is 1.35 bits per heavy atom. The Hall–Kier alpha value is -2.08. The van der Waals surface area contributed by atoms with Crippen LogP contribution in [0.2, 0.25) is 0 Å². The molecule has 0 aliphatic carbocycles. The van der Waals surface area contributed by atoms with Crippen LogP contribution in [0.1, 0.15) is 24.2 Å². The van der Waals surface area contributed by atoms with E-state index in [1.807, 2.05) is 6.92 Å². The first-order valence-corrected chi connectivity index (χ1v) is 7.90. The van der Waals surface area contributed by atoms with Gasteiger partial charge in [0.1, 0.15) is 17.2 Å². The van der Waals surface area contributed by atoms with E-state index in [0.717, 1.165) is 48.7 Å². The lowest BCUT2D eigenvalue weighted by atomic mass is 10.1. The quantitative estimate of drug-likeness (QED) is 0.675. The smallest absolute Gasteiger partial charge is 0.191 e. The molecule has 0 amide bonds. The highest BCUT2D eigenvalue weighted by atomic mass is 19.1. The highest BCUT2D eigenvalue weighted by Gasteiger charge is 2.16. The van der Waals surface area contributed by atoms with Gasteiger partial charge in [0.15, 0.2) is 5.96 Å². The van der Waals surface area contributed by atoms with Gasteiger partial charge in [0.25, 0.3) is 0 Å². The van der Waals surface area contributed by atoms with Crippen molar-refractivity contribution < 1.29 is 13.5 Å². The van der Waals surface area contributed by atoms with Crippen LogP contribution >= 0.6 is 0 Å². The monoisotopic (exact) mass is 319 g/mol. The fourth-order valence-corrected chi connectivity index (χ4v) is 2.81. The van der Waals surface area contributed by atoms with Gasteiger partial charge in [-0.15, -0.1) is 0 Å². The number of nitrogens with one attached hydrogen (secondary N) is 2. The van der Waals surface area contributed by atoms with E-state index in [2.05, 4.69) is 15.6 Å². The molecule has 2 aromatic rings. The van der Waals surface area contributed by atoms with Gasteiger partial charge < -0.3 is 19.8 Å². The number of fused-ring (bicyclic) bond motifs is 1. The zero-order chi connectivity index (χ0) is 16.2. The molecule has 1 saturated heterocycles. The van der Waals surface area contributed by atoms with Crippen molar-refractivity contribution in [1.29, 1.82) is 0 Å². The molecule has 1 aromatic carbocycles. The molecule has 1 aromatic heterocycles. The third-order valence-electron chi connectivity index (χ3n) is 4.20. The van der Waals surface area contributed by atoms with Crippen molar-refractivity contribution in [2.24, 2.45) is 4.99 Å². The predicted molar refractivity (Wildman–Crippen MR) is 88.1 cm³/mol. The van der Waals surface area contributed by atoms with E-state index in [9.17, 15) is 4.39 Å². The summed E-state index contributed by atoms with van der Waals surface area (Å²) in [5.41, 5.74) is 1.65. The number of guanidine groups is 1. The van der Waals surface area contributed by atoms with Crippen LogP contribution in [0.5, 0.6) is 0 Å². The van der Waals surface area contributed by atoms with Crippen LogP contribution in [-0.2, 0) is 11.3 Å². The molecule has 1 fully saturated rings. The molecule has 23 heavy (non-hydrogen) atoms. The van der Waals surface area contributed by atoms with E-state index in [4.69, 9.17) is 9.15 Å². The average Bonchev–Trinajstić information content (AvgIpc) is 2.88. The molecule has 0 unspecified atom stereocenters. The van der Waals surface area contributed by atoms with Gasteiger partial charge in [-0.1, -0.05) is 0 Å². The Morgan fingerprint density at radius 3 is 2.87 bits per heavy atom.